The second kappa shape index (κ2) is 9.27. The topological polar surface area (TPSA) is 63.7 Å². The number of aromatic nitrogens is 1. The van der Waals surface area contributed by atoms with Crippen LogP contribution in [0.5, 0.6) is 11.5 Å². The van der Waals surface area contributed by atoms with Crippen LogP contribution in [0.2, 0.25) is 0 Å². The summed E-state index contributed by atoms with van der Waals surface area (Å²) in [5, 5.41) is 3.08. The molecule has 1 aromatic carbocycles. The summed E-state index contributed by atoms with van der Waals surface area (Å²) in [6.07, 6.45) is 6.12. The fraction of sp³-hybridized carbons (Fsp3) is 0.478. The number of amides is 1. The normalized spacial score (nSPS) is 19.7. The van der Waals surface area contributed by atoms with E-state index in [0.717, 1.165) is 56.1 Å². The molecule has 0 spiro atoms. The van der Waals surface area contributed by atoms with Crippen LogP contribution in [0, 0.1) is 12.8 Å². The molecule has 1 saturated heterocycles. The molecule has 1 atom stereocenters. The first-order valence-electron chi connectivity index (χ1n) is 10.4. The van der Waals surface area contributed by atoms with Gasteiger partial charge in [0.25, 0.3) is 0 Å². The quantitative estimate of drug-likeness (QED) is 0.815. The Labute approximate surface area is 172 Å². The van der Waals surface area contributed by atoms with E-state index in [0.29, 0.717) is 18.9 Å². The number of pyridine rings is 1. The standard InChI is InChI=1S/C23H29N3O3/c1-17-4-5-21-22(11-17)29-20(16-28-21)15-26-9-6-18(7-10-26)14-25-23(27)12-19-3-2-8-24-13-19/h2-5,8,11,13,18,20H,6-7,9-10,12,14-16H2,1H3,(H,25,27). The number of carbonyl (C=O) groups is 1. The van der Waals surface area contributed by atoms with E-state index in [1.807, 2.05) is 30.3 Å². The number of aryl methyl sites for hydroxylation is 1. The number of fused-ring (bicyclic) bond motifs is 1. The van der Waals surface area contributed by atoms with Crippen LogP contribution in [0.4, 0.5) is 0 Å². The molecule has 2 aromatic rings. The summed E-state index contributed by atoms with van der Waals surface area (Å²) < 4.78 is 12.0. The van der Waals surface area contributed by atoms with Crippen molar-refractivity contribution in [2.75, 3.05) is 32.8 Å². The predicted molar refractivity (Wildman–Crippen MR) is 111 cm³/mol. The van der Waals surface area contributed by atoms with Crippen molar-refractivity contribution in [3.63, 3.8) is 0 Å². The van der Waals surface area contributed by atoms with Gasteiger partial charge in [-0.05, 0) is 68.1 Å². The van der Waals surface area contributed by atoms with Crippen LogP contribution in [0.25, 0.3) is 0 Å². The average Bonchev–Trinajstić information content (AvgIpc) is 2.74. The van der Waals surface area contributed by atoms with Crippen molar-refractivity contribution in [1.82, 2.24) is 15.2 Å². The van der Waals surface area contributed by atoms with E-state index in [-0.39, 0.29) is 12.0 Å². The molecule has 1 fully saturated rings. The Balaban J connectivity index is 1.17. The molecule has 6 heteroatoms. The van der Waals surface area contributed by atoms with Crippen molar-refractivity contribution in [3.8, 4) is 11.5 Å². The molecule has 0 bridgehead atoms. The minimum Gasteiger partial charge on any atom is -0.486 e. The Morgan fingerprint density at radius 3 is 2.90 bits per heavy atom. The molecule has 1 unspecified atom stereocenters. The monoisotopic (exact) mass is 395 g/mol. The van der Waals surface area contributed by atoms with E-state index in [1.54, 1.807) is 12.4 Å². The molecule has 154 valence electrons. The lowest BCUT2D eigenvalue weighted by atomic mass is 9.96. The van der Waals surface area contributed by atoms with E-state index in [2.05, 4.69) is 22.1 Å². The number of carbonyl (C=O) groups excluding carboxylic acids is 1. The second-order valence-corrected chi connectivity index (χ2v) is 8.09. The molecule has 0 aliphatic carbocycles. The molecule has 0 saturated carbocycles. The molecule has 0 radical (unpaired) electrons. The molecular weight excluding hydrogens is 366 g/mol. The van der Waals surface area contributed by atoms with Crippen molar-refractivity contribution in [2.24, 2.45) is 5.92 Å². The summed E-state index contributed by atoms with van der Waals surface area (Å²) in [5.41, 5.74) is 2.13. The summed E-state index contributed by atoms with van der Waals surface area (Å²) in [6, 6.07) is 9.86. The maximum Gasteiger partial charge on any atom is 0.224 e. The number of piperidine rings is 1. The first-order valence-corrected chi connectivity index (χ1v) is 10.4. The van der Waals surface area contributed by atoms with Crippen LogP contribution in [0.1, 0.15) is 24.0 Å². The van der Waals surface area contributed by atoms with Crippen LogP contribution < -0.4 is 14.8 Å². The number of rotatable bonds is 6. The average molecular weight is 396 g/mol. The lowest BCUT2D eigenvalue weighted by Gasteiger charge is -2.35. The number of hydrogen-bond donors (Lipinski definition) is 1. The molecule has 1 amide bonds. The zero-order valence-electron chi connectivity index (χ0n) is 17.0. The van der Waals surface area contributed by atoms with E-state index in [4.69, 9.17) is 9.47 Å². The Bertz CT molecular complexity index is 819. The summed E-state index contributed by atoms with van der Waals surface area (Å²) in [5.74, 6) is 2.30. The largest absolute Gasteiger partial charge is 0.486 e. The molecule has 3 heterocycles. The molecule has 1 aromatic heterocycles. The first-order chi connectivity index (χ1) is 14.2. The zero-order valence-corrected chi connectivity index (χ0v) is 17.0. The van der Waals surface area contributed by atoms with Gasteiger partial charge in [-0.25, -0.2) is 0 Å². The van der Waals surface area contributed by atoms with Crippen molar-refractivity contribution in [2.45, 2.75) is 32.3 Å². The highest BCUT2D eigenvalue weighted by Gasteiger charge is 2.26. The fourth-order valence-corrected chi connectivity index (χ4v) is 3.98. The number of likely N-dealkylation sites (tertiary alicyclic amines) is 1. The Hall–Kier alpha value is -2.60. The summed E-state index contributed by atoms with van der Waals surface area (Å²) in [4.78, 5) is 18.6. The van der Waals surface area contributed by atoms with Crippen LogP contribution in [-0.2, 0) is 11.2 Å². The van der Waals surface area contributed by atoms with Crippen LogP contribution in [0.3, 0.4) is 0 Å². The van der Waals surface area contributed by atoms with E-state index in [1.165, 1.54) is 5.56 Å². The van der Waals surface area contributed by atoms with Gasteiger partial charge in [-0.15, -0.1) is 0 Å². The van der Waals surface area contributed by atoms with Gasteiger partial charge in [0.05, 0.1) is 6.42 Å². The molecule has 2 aliphatic heterocycles. The smallest absolute Gasteiger partial charge is 0.224 e. The molecule has 2 aliphatic rings. The Kier molecular flexibility index (Phi) is 6.30. The molecule has 29 heavy (non-hydrogen) atoms. The number of ether oxygens (including phenoxy) is 2. The maximum atomic E-state index is 12.1. The third-order valence-corrected chi connectivity index (χ3v) is 5.66. The minimum absolute atomic E-state index is 0.0695. The number of nitrogens with zero attached hydrogens (tertiary/aromatic N) is 2. The van der Waals surface area contributed by atoms with E-state index < -0.39 is 0 Å². The van der Waals surface area contributed by atoms with Gasteiger partial charge in [0.15, 0.2) is 11.5 Å². The number of nitrogens with one attached hydrogen (secondary N) is 1. The van der Waals surface area contributed by atoms with Crippen LogP contribution in [0.15, 0.2) is 42.7 Å². The lowest BCUT2D eigenvalue weighted by Crippen LogP contribution is -2.45. The van der Waals surface area contributed by atoms with Gasteiger partial charge in [0, 0.05) is 25.5 Å². The predicted octanol–water partition coefficient (Wildman–Crippen LogP) is 2.60. The lowest BCUT2D eigenvalue weighted by molar-refractivity contribution is -0.120. The van der Waals surface area contributed by atoms with E-state index >= 15 is 0 Å². The molecule has 4 rings (SSSR count). The van der Waals surface area contributed by atoms with Crippen molar-refractivity contribution in [3.05, 3.63) is 53.9 Å². The summed E-state index contributed by atoms with van der Waals surface area (Å²) in [7, 11) is 0. The van der Waals surface area contributed by atoms with Gasteiger partial charge in [-0.1, -0.05) is 12.1 Å². The van der Waals surface area contributed by atoms with Gasteiger partial charge in [-0.3, -0.25) is 14.7 Å². The van der Waals surface area contributed by atoms with Gasteiger partial charge in [-0.2, -0.15) is 0 Å². The molecular formula is C23H29N3O3. The Morgan fingerprint density at radius 2 is 2.10 bits per heavy atom. The Morgan fingerprint density at radius 1 is 1.24 bits per heavy atom. The van der Waals surface area contributed by atoms with Gasteiger partial charge >= 0.3 is 0 Å². The minimum atomic E-state index is 0.0695. The van der Waals surface area contributed by atoms with Crippen molar-refractivity contribution >= 4 is 5.91 Å². The third kappa shape index (κ3) is 5.48. The maximum absolute atomic E-state index is 12.1. The third-order valence-electron chi connectivity index (χ3n) is 5.66. The molecule has 6 nitrogen and oxygen atoms in total. The highest BCUT2D eigenvalue weighted by molar-refractivity contribution is 5.78. The highest BCUT2D eigenvalue weighted by Crippen LogP contribution is 2.32. The SMILES string of the molecule is Cc1ccc2c(c1)OC(CN1CCC(CNC(=O)Cc3cccnc3)CC1)CO2. The highest BCUT2D eigenvalue weighted by atomic mass is 16.6. The van der Waals surface area contributed by atoms with Crippen LogP contribution >= 0.6 is 0 Å². The van der Waals surface area contributed by atoms with Crippen molar-refractivity contribution in [1.29, 1.82) is 0 Å². The van der Waals surface area contributed by atoms with Gasteiger partial charge in [0.2, 0.25) is 5.91 Å². The van der Waals surface area contributed by atoms with Gasteiger partial charge in [0.1, 0.15) is 12.7 Å². The fourth-order valence-electron chi connectivity index (χ4n) is 3.98. The number of hydrogen-bond acceptors (Lipinski definition) is 5. The summed E-state index contributed by atoms with van der Waals surface area (Å²) >= 11 is 0. The summed E-state index contributed by atoms with van der Waals surface area (Å²) in [6.45, 7) is 6.36. The number of benzene rings is 1. The molecule has 1 N–H and O–H groups in total. The zero-order chi connectivity index (χ0) is 20.1. The first kappa shape index (κ1) is 19.7. The second-order valence-electron chi connectivity index (χ2n) is 8.09. The van der Waals surface area contributed by atoms with E-state index in [9.17, 15) is 4.79 Å². The van der Waals surface area contributed by atoms with Crippen molar-refractivity contribution < 1.29 is 14.3 Å². The van der Waals surface area contributed by atoms with Crippen LogP contribution in [-0.4, -0.2) is 54.7 Å². The van der Waals surface area contributed by atoms with Gasteiger partial charge < -0.3 is 14.8 Å².